The summed E-state index contributed by atoms with van der Waals surface area (Å²) in [5.41, 5.74) is 0.356. The maximum Gasteiger partial charge on any atom is 0.346 e. The lowest BCUT2D eigenvalue weighted by atomic mass is 10.3. The number of carboxylic acid groups (broad SMARTS) is 1. The monoisotopic (exact) mass is 307 g/mol. The van der Waals surface area contributed by atoms with Crippen LogP contribution in [0.3, 0.4) is 0 Å². The molecule has 1 heterocycles. The Morgan fingerprint density at radius 1 is 1.47 bits per heavy atom. The van der Waals surface area contributed by atoms with E-state index in [0.717, 1.165) is 0 Å². The fourth-order valence-electron chi connectivity index (χ4n) is 1.23. The fourth-order valence-corrected chi connectivity index (χ4v) is 3.63. The summed E-state index contributed by atoms with van der Waals surface area (Å²) in [6, 6.07) is 1.25. The lowest BCUT2D eigenvalue weighted by Crippen LogP contribution is -2.30. The van der Waals surface area contributed by atoms with Crippen LogP contribution in [0.15, 0.2) is 10.3 Å². The number of sulfonamides is 1. The maximum atomic E-state index is 11.8. The molecule has 0 saturated heterocycles. The second-order valence-corrected chi connectivity index (χ2v) is 6.56. The van der Waals surface area contributed by atoms with Gasteiger partial charge in [-0.25, -0.2) is 13.2 Å². The minimum atomic E-state index is -3.90. The highest BCUT2D eigenvalue weighted by Crippen LogP contribution is 2.25. The SMILES string of the molecule is CCOC(=O)CNS(=O)(=O)c1cc(C)c(C(=O)O)s1. The number of aryl methyl sites for hydroxylation is 1. The second kappa shape index (κ2) is 6.13. The van der Waals surface area contributed by atoms with Crippen LogP contribution in [-0.2, 0) is 19.6 Å². The van der Waals surface area contributed by atoms with Gasteiger partial charge >= 0.3 is 11.9 Å². The molecule has 19 heavy (non-hydrogen) atoms. The summed E-state index contributed by atoms with van der Waals surface area (Å²) in [4.78, 5) is 21.9. The number of carbonyl (C=O) groups excluding carboxylic acids is 1. The van der Waals surface area contributed by atoms with Gasteiger partial charge in [-0.2, -0.15) is 4.72 Å². The molecule has 0 radical (unpaired) electrons. The van der Waals surface area contributed by atoms with Crippen LogP contribution in [0, 0.1) is 6.92 Å². The Hall–Kier alpha value is -1.45. The molecule has 0 amide bonds. The average Bonchev–Trinajstić information content (AvgIpc) is 2.70. The first kappa shape index (κ1) is 15.6. The number of esters is 1. The molecular formula is C10H13NO6S2. The summed E-state index contributed by atoms with van der Waals surface area (Å²) < 4.78 is 30.1. The predicted molar refractivity (Wildman–Crippen MR) is 67.8 cm³/mol. The number of carboxylic acids is 1. The molecule has 0 aliphatic heterocycles. The van der Waals surface area contributed by atoms with Gasteiger partial charge in [-0.15, -0.1) is 11.3 Å². The van der Waals surface area contributed by atoms with E-state index in [2.05, 4.69) is 9.46 Å². The number of hydrogen-bond donors (Lipinski definition) is 2. The molecule has 9 heteroatoms. The number of nitrogens with one attached hydrogen (secondary N) is 1. The molecule has 0 spiro atoms. The maximum absolute atomic E-state index is 11.8. The Kier molecular flexibility index (Phi) is 5.04. The molecule has 1 aromatic heterocycles. The summed E-state index contributed by atoms with van der Waals surface area (Å²) in [6.07, 6.45) is 0. The highest BCUT2D eigenvalue weighted by Gasteiger charge is 2.22. The van der Waals surface area contributed by atoms with Gasteiger partial charge in [0.05, 0.1) is 6.61 Å². The first-order chi connectivity index (χ1) is 8.77. The molecular weight excluding hydrogens is 294 g/mol. The summed E-state index contributed by atoms with van der Waals surface area (Å²) in [5.74, 6) is -1.88. The number of rotatable bonds is 6. The van der Waals surface area contributed by atoms with Crippen molar-refractivity contribution in [2.45, 2.75) is 18.1 Å². The van der Waals surface area contributed by atoms with Gasteiger partial charge in [-0.05, 0) is 25.5 Å². The van der Waals surface area contributed by atoms with E-state index in [1.165, 1.54) is 13.0 Å². The van der Waals surface area contributed by atoms with E-state index in [9.17, 15) is 18.0 Å². The van der Waals surface area contributed by atoms with Crippen molar-refractivity contribution in [1.82, 2.24) is 4.72 Å². The Bertz CT molecular complexity index is 589. The third kappa shape index (κ3) is 4.01. The number of carbonyl (C=O) groups is 2. The van der Waals surface area contributed by atoms with Crippen LogP contribution in [0.1, 0.15) is 22.2 Å². The zero-order chi connectivity index (χ0) is 14.6. The van der Waals surface area contributed by atoms with E-state index < -0.39 is 28.5 Å². The van der Waals surface area contributed by atoms with Crippen LogP contribution in [0.2, 0.25) is 0 Å². The molecule has 0 atom stereocenters. The Balaban J connectivity index is 2.86. The molecule has 7 nitrogen and oxygen atoms in total. The average molecular weight is 307 g/mol. The zero-order valence-electron chi connectivity index (χ0n) is 10.3. The van der Waals surface area contributed by atoms with Gasteiger partial charge in [-0.1, -0.05) is 0 Å². The van der Waals surface area contributed by atoms with Gasteiger partial charge < -0.3 is 9.84 Å². The number of ether oxygens (including phenoxy) is 1. The molecule has 0 saturated carbocycles. The first-order valence-electron chi connectivity index (χ1n) is 5.27. The van der Waals surface area contributed by atoms with Crippen LogP contribution in [0.5, 0.6) is 0 Å². The first-order valence-corrected chi connectivity index (χ1v) is 7.57. The predicted octanol–water partition coefficient (Wildman–Crippen LogP) is 0.596. The minimum absolute atomic E-state index is 0.0449. The van der Waals surface area contributed by atoms with Crippen molar-refractivity contribution in [3.63, 3.8) is 0 Å². The van der Waals surface area contributed by atoms with Crippen molar-refractivity contribution in [2.75, 3.05) is 13.2 Å². The molecule has 106 valence electrons. The van der Waals surface area contributed by atoms with Crippen LogP contribution in [0.4, 0.5) is 0 Å². The highest BCUT2D eigenvalue weighted by molar-refractivity contribution is 7.91. The van der Waals surface area contributed by atoms with Crippen molar-refractivity contribution < 1.29 is 27.9 Å². The van der Waals surface area contributed by atoms with E-state index in [4.69, 9.17) is 5.11 Å². The van der Waals surface area contributed by atoms with Crippen LogP contribution >= 0.6 is 11.3 Å². The number of hydrogen-bond acceptors (Lipinski definition) is 6. The van der Waals surface area contributed by atoms with Gasteiger partial charge in [0.15, 0.2) is 0 Å². The second-order valence-electron chi connectivity index (χ2n) is 3.51. The third-order valence-electron chi connectivity index (χ3n) is 2.07. The topological polar surface area (TPSA) is 110 Å². The summed E-state index contributed by atoms with van der Waals surface area (Å²) in [7, 11) is -3.90. The van der Waals surface area contributed by atoms with Crippen molar-refractivity contribution in [3.05, 3.63) is 16.5 Å². The van der Waals surface area contributed by atoms with Gasteiger partial charge in [0.25, 0.3) is 10.0 Å². The summed E-state index contributed by atoms with van der Waals surface area (Å²) in [5, 5.41) is 8.85. The normalized spacial score (nSPS) is 11.3. The minimum Gasteiger partial charge on any atom is -0.477 e. The molecule has 2 N–H and O–H groups in total. The van der Waals surface area contributed by atoms with Gasteiger partial charge in [0, 0.05) is 0 Å². The van der Waals surface area contributed by atoms with Crippen molar-refractivity contribution in [2.24, 2.45) is 0 Å². The molecule has 0 aliphatic carbocycles. The molecule has 0 unspecified atom stereocenters. The van der Waals surface area contributed by atoms with Crippen LogP contribution < -0.4 is 4.72 Å². The quantitative estimate of drug-likeness (QED) is 0.745. The van der Waals surface area contributed by atoms with Crippen LogP contribution in [0.25, 0.3) is 0 Å². The molecule has 0 bridgehead atoms. The third-order valence-corrected chi connectivity index (χ3v) is 5.17. The van der Waals surface area contributed by atoms with Crippen molar-refractivity contribution >= 4 is 33.3 Å². The largest absolute Gasteiger partial charge is 0.477 e. The Morgan fingerprint density at radius 2 is 2.11 bits per heavy atom. The van der Waals surface area contributed by atoms with E-state index in [1.54, 1.807) is 6.92 Å². The molecule has 1 aromatic rings. The Labute approximate surface area is 114 Å². The lowest BCUT2D eigenvalue weighted by Gasteiger charge is -2.04. The van der Waals surface area contributed by atoms with Crippen molar-refractivity contribution in [3.8, 4) is 0 Å². The van der Waals surface area contributed by atoms with Crippen LogP contribution in [-0.4, -0.2) is 38.6 Å². The summed E-state index contributed by atoms with van der Waals surface area (Å²) >= 11 is 0.637. The van der Waals surface area contributed by atoms with E-state index >= 15 is 0 Å². The van der Waals surface area contributed by atoms with Crippen molar-refractivity contribution in [1.29, 1.82) is 0 Å². The Morgan fingerprint density at radius 3 is 2.58 bits per heavy atom. The lowest BCUT2D eigenvalue weighted by molar-refractivity contribution is -0.141. The smallest absolute Gasteiger partial charge is 0.346 e. The highest BCUT2D eigenvalue weighted by atomic mass is 32.2. The number of aromatic carboxylic acids is 1. The molecule has 0 aromatic carbocycles. The van der Waals surface area contributed by atoms with E-state index in [-0.39, 0.29) is 15.7 Å². The molecule has 1 rings (SSSR count). The molecule has 0 aliphatic rings. The summed E-state index contributed by atoms with van der Waals surface area (Å²) in [6.45, 7) is 2.77. The van der Waals surface area contributed by atoms with Gasteiger partial charge in [0.1, 0.15) is 15.6 Å². The van der Waals surface area contributed by atoms with E-state index in [1.807, 2.05) is 0 Å². The standard InChI is InChI=1S/C10H13NO6S2/c1-3-17-7(12)5-11-19(15,16)8-4-6(2)9(18-8)10(13)14/h4,11H,3,5H2,1-2H3,(H,13,14). The van der Waals surface area contributed by atoms with Gasteiger partial charge in [-0.3, -0.25) is 4.79 Å². The number of thiophene rings is 1. The fraction of sp³-hybridized carbons (Fsp3) is 0.400. The van der Waals surface area contributed by atoms with Gasteiger partial charge in [0.2, 0.25) is 0 Å². The zero-order valence-corrected chi connectivity index (χ0v) is 11.9. The van der Waals surface area contributed by atoms with E-state index in [0.29, 0.717) is 16.9 Å². The molecule has 0 fully saturated rings.